The molecule has 0 bridgehead atoms. The lowest BCUT2D eigenvalue weighted by molar-refractivity contribution is -0.128. The second-order valence-corrected chi connectivity index (χ2v) is 5.68. The van der Waals surface area contributed by atoms with Gasteiger partial charge in [0.1, 0.15) is 0 Å². The van der Waals surface area contributed by atoms with Crippen molar-refractivity contribution < 1.29 is 14.3 Å². The number of carbonyl (C=O) groups is 2. The van der Waals surface area contributed by atoms with Gasteiger partial charge in [0.05, 0.1) is 12.3 Å². The van der Waals surface area contributed by atoms with E-state index in [0.29, 0.717) is 45.6 Å². The summed E-state index contributed by atoms with van der Waals surface area (Å²) in [6, 6.07) is 1.91. The molecular weight excluding hydrogens is 284 g/mol. The summed E-state index contributed by atoms with van der Waals surface area (Å²) < 4.78 is 6.75. The monoisotopic (exact) mass is 308 g/mol. The van der Waals surface area contributed by atoms with Gasteiger partial charge in [0.25, 0.3) is 0 Å². The Bertz CT molecular complexity index is 515. The van der Waals surface area contributed by atoms with Crippen LogP contribution in [0, 0.1) is 12.8 Å². The van der Waals surface area contributed by atoms with Crippen LogP contribution in [0.15, 0.2) is 12.3 Å². The zero-order valence-electron chi connectivity index (χ0n) is 13.2. The molecule has 1 aromatic heterocycles. The molecule has 7 heteroatoms. The van der Waals surface area contributed by atoms with Crippen molar-refractivity contribution in [1.29, 1.82) is 0 Å². The third kappa shape index (κ3) is 4.84. The topological polar surface area (TPSA) is 76.5 Å². The van der Waals surface area contributed by atoms with Crippen LogP contribution in [0.2, 0.25) is 0 Å². The van der Waals surface area contributed by atoms with Gasteiger partial charge >= 0.3 is 0 Å². The Kier molecular flexibility index (Phi) is 5.94. The molecule has 122 valence electrons. The van der Waals surface area contributed by atoms with Crippen LogP contribution in [0.4, 0.5) is 0 Å². The smallest absolute Gasteiger partial charge is 0.223 e. The molecule has 0 aromatic carbocycles. The Hall–Kier alpha value is -1.89. The number of aryl methyl sites for hydroxylation is 2. The Labute approximate surface area is 130 Å². The molecule has 1 fully saturated rings. The maximum absolute atomic E-state index is 11.8. The minimum absolute atomic E-state index is 0.00376. The quantitative estimate of drug-likeness (QED) is 0.744. The normalized spacial score (nSPS) is 18.0. The summed E-state index contributed by atoms with van der Waals surface area (Å²) in [7, 11) is 1.62. The third-order valence-corrected chi connectivity index (χ3v) is 3.79. The SMILES string of the molecule is COCCN1C[C@H](CNC(=O)CCn2ccc(C)n2)CC1=O. The van der Waals surface area contributed by atoms with E-state index in [2.05, 4.69) is 10.4 Å². The van der Waals surface area contributed by atoms with Crippen LogP contribution in [-0.2, 0) is 20.9 Å². The van der Waals surface area contributed by atoms with E-state index in [9.17, 15) is 9.59 Å². The number of hydrogen-bond acceptors (Lipinski definition) is 4. The molecule has 1 saturated heterocycles. The average Bonchev–Trinajstić information content (AvgIpc) is 3.06. The minimum atomic E-state index is -0.00376. The molecule has 2 rings (SSSR count). The zero-order valence-corrected chi connectivity index (χ0v) is 13.2. The fraction of sp³-hybridized carbons (Fsp3) is 0.667. The molecule has 22 heavy (non-hydrogen) atoms. The lowest BCUT2D eigenvalue weighted by Crippen LogP contribution is -2.32. The van der Waals surface area contributed by atoms with Gasteiger partial charge in [-0.15, -0.1) is 0 Å². The molecule has 0 unspecified atom stereocenters. The maximum Gasteiger partial charge on any atom is 0.223 e. The number of hydrogen-bond donors (Lipinski definition) is 1. The van der Waals surface area contributed by atoms with Gasteiger partial charge in [-0.05, 0) is 13.0 Å². The molecule has 1 aliphatic rings. The summed E-state index contributed by atoms with van der Waals surface area (Å²) in [6.45, 7) is 4.91. The number of methoxy groups -OCH3 is 1. The Balaban J connectivity index is 1.65. The standard InChI is InChI=1S/C15H24N4O3/c1-12-3-5-19(17-12)6-4-14(20)16-10-13-9-15(21)18(11-13)7-8-22-2/h3,5,13H,4,6-11H2,1-2H3,(H,16,20)/t13-/m0/s1. The average molecular weight is 308 g/mol. The van der Waals surface area contributed by atoms with Crippen LogP contribution in [0.5, 0.6) is 0 Å². The molecule has 1 aromatic rings. The van der Waals surface area contributed by atoms with E-state index < -0.39 is 0 Å². The number of amides is 2. The highest BCUT2D eigenvalue weighted by Gasteiger charge is 2.29. The fourth-order valence-electron chi connectivity index (χ4n) is 2.56. The van der Waals surface area contributed by atoms with Crippen LogP contribution >= 0.6 is 0 Å². The van der Waals surface area contributed by atoms with E-state index in [4.69, 9.17) is 4.74 Å². The molecule has 0 spiro atoms. The van der Waals surface area contributed by atoms with Gasteiger partial charge < -0.3 is 15.0 Å². The number of nitrogens with one attached hydrogen (secondary N) is 1. The number of nitrogens with zero attached hydrogens (tertiary/aromatic N) is 3. The largest absolute Gasteiger partial charge is 0.383 e. The summed E-state index contributed by atoms with van der Waals surface area (Å²) in [4.78, 5) is 25.4. The van der Waals surface area contributed by atoms with E-state index in [0.717, 1.165) is 5.69 Å². The molecule has 0 saturated carbocycles. The highest BCUT2D eigenvalue weighted by molar-refractivity contribution is 5.79. The van der Waals surface area contributed by atoms with E-state index in [1.165, 1.54) is 0 Å². The number of likely N-dealkylation sites (tertiary alicyclic amines) is 1. The Morgan fingerprint density at radius 3 is 3.00 bits per heavy atom. The Morgan fingerprint density at radius 1 is 1.50 bits per heavy atom. The van der Waals surface area contributed by atoms with Crippen LogP contribution in [0.1, 0.15) is 18.5 Å². The van der Waals surface area contributed by atoms with Gasteiger partial charge in [-0.3, -0.25) is 14.3 Å². The molecule has 2 amide bonds. The predicted octanol–water partition coefficient (Wildman–Crippen LogP) is 0.193. The zero-order chi connectivity index (χ0) is 15.9. The van der Waals surface area contributed by atoms with Gasteiger partial charge in [-0.1, -0.05) is 0 Å². The molecule has 0 aliphatic carbocycles. The maximum atomic E-state index is 11.8. The first-order valence-electron chi connectivity index (χ1n) is 7.62. The summed E-state index contributed by atoms with van der Waals surface area (Å²) in [5.41, 5.74) is 0.945. The van der Waals surface area contributed by atoms with E-state index in [-0.39, 0.29) is 17.7 Å². The summed E-state index contributed by atoms with van der Waals surface area (Å²) in [5, 5.41) is 7.15. The molecule has 1 aliphatic heterocycles. The minimum Gasteiger partial charge on any atom is -0.383 e. The lowest BCUT2D eigenvalue weighted by atomic mass is 10.1. The van der Waals surface area contributed by atoms with Crippen LogP contribution in [0.3, 0.4) is 0 Å². The first kappa shape index (κ1) is 16.5. The molecule has 7 nitrogen and oxygen atoms in total. The Morgan fingerprint density at radius 2 is 2.32 bits per heavy atom. The van der Waals surface area contributed by atoms with Crippen LogP contribution in [0.25, 0.3) is 0 Å². The third-order valence-electron chi connectivity index (χ3n) is 3.79. The second kappa shape index (κ2) is 7.93. The van der Waals surface area contributed by atoms with Crippen molar-refractivity contribution in [2.45, 2.75) is 26.3 Å². The number of carbonyl (C=O) groups excluding carboxylic acids is 2. The van der Waals surface area contributed by atoms with Gasteiger partial charge in [0.2, 0.25) is 11.8 Å². The summed E-state index contributed by atoms with van der Waals surface area (Å²) >= 11 is 0. The van der Waals surface area contributed by atoms with Crippen molar-refractivity contribution in [1.82, 2.24) is 20.0 Å². The second-order valence-electron chi connectivity index (χ2n) is 5.68. The van der Waals surface area contributed by atoms with Crippen molar-refractivity contribution in [2.24, 2.45) is 5.92 Å². The number of ether oxygens (including phenoxy) is 1. The summed E-state index contributed by atoms with van der Waals surface area (Å²) in [5.74, 6) is 0.333. The van der Waals surface area contributed by atoms with Crippen molar-refractivity contribution in [2.75, 3.05) is 33.4 Å². The highest BCUT2D eigenvalue weighted by Crippen LogP contribution is 2.16. The van der Waals surface area contributed by atoms with Gasteiger partial charge in [0.15, 0.2) is 0 Å². The number of rotatable bonds is 8. The highest BCUT2D eigenvalue weighted by atomic mass is 16.5. The lowest BCUT2D eigenvalue weighted by Gasteiger charge is -2.16. The van der Waals surface area contributed by atoms with E-state index in [1.807, 2.05) is 19.2 Å². The summed E-state index contributed by atoms with van der Waals surface area (Å²) in [6.07, 6.45) is 2.77. The van der Waals surface area contributed by atoms with E-state index >= 15 is 0 Å². The molecular formula is C15H24N4O3. The molecule has 0 radical (unpaired) electrons. The number of aromatic nitrogens is 2. The molecule has 1 atom stereocenters. The van der Waals surface area contributed by atoms with Crippen LogP contribution < -0.4 is 5.32 Å². The first-order chi connectivity index (χ1) is 10.6. The van der Waals surface area contributed by atoms with Crippen molar-refractivity contribution in [3.05, 3.63) is 18.0 Å². The molecule has 2 heterocycles. The van der Waals surface area contributed by atoms with Gasteiger partial charge in [-0.25, -0.2) is 0 Å². The first-order valence-corrected chi connectivity index (χ1v) is 7.62. The fourth-order valence-corrected chi connectivity index (χ4v) is 2.56. The van der Waals surface area contributed by atoms with E-state index in [1.54, 1.807) is 16.7 Å². The van der Waals surface area contributed by atoms with Crippen molar-refractivity contribution in [3.63, 3.8) is 0 Å². The predicted molar refractivity (Wildman–Crippen MR) is 81.2 cm³/mol. The van der Waals surface area contributed by atoms with Gasteiger partial charge in [0, 0.05) is 58.2 Å². The molecule has 1 N–H and O–H groups in total. The van der Waals surface area contributed by atoms with Gasteiger partial charge in [-0.2, -0.15) is 5.10 Å². The van der Waals surface area contributed by atoms with Crippen molar-refractivity contribution >= 4 is 11.8 Å². The van der Waals surface area contributed by atoms with Crippen molar-refractivity contribution in [3.8, 4) is 0 Å². The van der Waals surface area contributed by atoms with Crippen LogP contribution in [-0.4, -0.2) is 59.8 Å².